The van der Waals surface area contributed by atoms with Crippen molar-refractivity contribution in [2.24, 2.45) is 0 Å². The van der Waals surface area contributed by atoms with Gasteiger partial charge in [0.15, 0.2) is 0 Å². The zero-order valence-corrected chi connectivity index (χ0v) is 17.9. The average molecular weight is 399 g/mol. The summed E-state index contributed by atoms with van der Waals surface area (Å²) in [5.41, 5.74) is 3.53. The molecule has 1 aliphatic rings. The number of amides is 1. The minimum absolute atomic E-state index is 0.161. The molecule has 150 valence electrons. The molecular weight excluding hydrogens is 368 g/mol. The van der Waals surface area contributed by atoms with Gasteiger partial charge in [0, 0.05) is 44.4 Å². The zero-order chi connectivity index (χ0) is 19.9. The van der Waals surface area contributed by atoms with Crippen LogP contribution in [0.4, 0.5) is 5.69 Å². The molecule has 2 aromatic carbocycles. The molecule has 4 nitrogen and oxygen atoms in total. The number of benzene rings is 2. The van der Waals surface area contributed by atoms with Crippen molar-refractivity contribution in [3.8, 4) is 0 Å². The topological polar surface area (TPSA) is 32.8 Å². The van der Waals surface area contributed by atoms with Crippen LogP contribution in [0.25, 0.3) is 0 Å². The van der Waals surface area contributed by atoms with Crippen molar-refractivity contribution in [2.75, 3.05) is 37.9 Å². The Balaban J connectivity index is 1.66. The molecule has 0 spiro atoms. The highest BCUT2D eigenvalue weighted by Gasteiger charge is 2.23. The number of thioether (sulfide) groups is 1. The second-order valence-corrected chi connectivity index (χ2v) is 8.54. The fraction of sp³-hybridized carbons (Fsp3) is 0.435. The summed E-state index contributed by atoms with van der Waals surface area (Å²) in [6.07, 6.45) is 2.28. The lowest BCUT2D eigenvalue weighted by molar-refractivity contribution is -0.130. The lowest BCUT2D eigenvalue weighted by Crippen LogP contribution is -2.38. The van der Waals surface area contributed by atoms with E-state index in [1.807, 2.05) is 31.1 Å². The molecule has 1 amide bonds. The van der Waals surface area contributed by atoms with E-state index in [1.54, 1.807) is 11.8 Å². The number of ether oxygens (including phenoxy) is 1. The second kappa shape index (κ2) is 9.99. The third-order valence-electron chi connectivity index (χ3n) is 5.07. The number of nitrogens with zero attached hydrogens (tertiary/aromatic N) is 2. The predicted octanol–water partition coefficient (Wildman–Crippen LogP) is 4.36. The Morgan fingerprint density at radius 3 is 2.54 bits per heavy atom. The molecule has 3 rings (SSSR count). The maximum absolute atomic E-state index is 13.0. The van der Waals surface area contributed by atoms with Gasteiger partial charge in [-0.05, 0) is 49.1 Å². The van der Waals surface area contributed by atoms with Gasteiger partial charge in [0.25, 0.3) is 0 Å². The Hall–Kier alpha value is -1.98. The van der Waals surface area contributed by atoms with Gasteiger partial charge in [-0.2, -0.15) is 0 Å². The van der Waals surface area contributed by atoms with Gasteiger partial charge in [0.2, 0.25) is 5.91 Å². The van der Waals surface area contributed by atoms with Crippen LogP contribution in [0.3, 0.4) is 0 Å². The van der Waals surface area contributed by atoms with Crippen LogP contribution in [0.1, 0.15) is 24.0 Å². The molecule has 1 heterocycles. The van der Waals surface area contributed by atoms with Crippen molar-refractivity contribution in [2.45, 2.75) is 37.3 Å². The molecule has 1 fully saturated rings. The van der Waals surface area contributed by atoms with Gasteiger partial charge in [0.05, 0.1) is 11.9 Å². The molecule has 0 unspecified atom stereocenters. The summed E-state index contributed by atoms with van der Waals surface area (Å²) in [5, 5.41) is 0. The largest absolute Gasteiger partial charge is 0.378 e. The highest BCUT2D eigenvalue weighted by molar-refractivity contribution is 8.00. The highest BCUT2D eigenvalue weighted by Crippen LogP contribution is 2.23. The van der Waals surface area contributed by atoms with Gasteiger partial charge in [0.1, 0.15) is 0 Å². The van der Waals surface area contributed by atoms with Crippen molar-refractivity contribution in [3.63, 3.8) is 0 Å². The Labute approximate surface area is 172 Å². The highest BCUT2D eigenvalue weighted by atomic mass is 32.2. The molecule has 0 aliphatic carbocycles. The summed E-state index contributed by atoms with van der Waals surface area (Å²) in [5.74, 6) is 0.619. The summed E-state index contributed by atoms with van der Waals surface area (Å²) in [6, 6.07) is 16.6. The molecule has 28 heavy (non-hydrogen) atoms. The van der Waals surface area contributed by atoms with Gasteiger partial charge in [-0.1, -0.05) is 30.3 Å². The monoisotopic (exact) mass is 398 g/mol. The maximum atomic E-state index is 13.0. The summed E-state index contributed by atoms with van der Waals surface area (Å²) in [4.78, 5) is 18.3. The van der Waals surface area contributed by atoms with Crippen LogP contribution in [-0.4, -0.2) is 49.9 Å². The van der Waals surface area contributed by atoms with Crippen molar-refractivity contribution >= 4 is 23.4 Å². The van der Waals surface area contributed by atoms with Crippen molar-refractivity contribution < 1.29 is 9.53 Å². The van der Waals surface area contributed by atoms with Crippen LogP contribution in [0.15, 0.2) is 53.4 Å². The first-order chi connectivity index (χ1) is 13.5. The fourth-order valence-corrected chi connectivity index (χ4v) is 4.29. The molecule has 1 atom stereocenters. The second-order valence-electron chi connectivity index (χ2n) is 7.52. The minimum atomic E-state index is 0.161. The van der Waals surface area contributed by atoms with Crippen LogP contribution in [0, 0.1) is 6.92 Å². The third kappa shape index (κ3) is 5.76. The van der Waals surface area contributed by atoms with E-state index in [4.69, 9.17) is 4.74 Å². The molecule has 0 N–H and O–H groups in total. The normalized spacial score (nSPS) is 16.2. The van der Waals surface area contributed by atoms with E-state index in [-0.39, 0.29) is 12.0 Å². The first-order valence-electron chi connectivity index (χ1n) is 9.87. The Bertz CT molecular complexity index is 770. The van der Waals surface area contributed by atoms with Crippen molar-refractivity contribution in [3.05, 3.63) is 59.7 Å². The van der Waals surface area contributed by atoms with E-state index < -0.39 is 0 Å². The van der Waals surface area contributed by atoms with Crippen LogP contribution in [0.2, 0.25) is 0 Å². The maximum Gasteiger partial charge on any atom is 0.233 e. The van der Waals surface area contributed by atoms with Gasteiger partial charge in [-0.25, -0.2) is 0 Å². The summed E-state index contributed by atoms with van der Waals surface area (Å²) in [7, 11) is 4.07. The Morgan fingerprint density at radius 2 is 1.89 bits per heavy atom. The average Bonchev–Trinajstić information content (AvgIpc) is 3.20. The Kier molecular flexibility index (Phi) is 7.40. The first-order valence-corrected chi connectivity index (χ1v) is 10.9. The molecule has 1 saturated heterocycles. The van der Waals surface area contributed by atoms with Gasteiger partial charge in [-0.15, -0.1) is 11.8 Å². The smallest absolute Gasteiger partial charge is 0.233 e. The first kappa shape index (κ1) is 20.7. The van der Waals surface area contributed by atoms with E-state index in [0.29, 0.717) is 18.8 Å². The third-order valence-corrected chi connectivity index (χ3v) is 6.23. The van der Waals surface area contributed by atoms with Crippen LogP contribution in [0.5, 0.6) is 0 Å². The number of aryl methyl sites for hydroxylation is 1. The standard InChI is InChI=1S/C23H30N2O2S/c1-18-7-4-5-9-22(18)28-17-23(26)25(16-21-8-6-14-27-21)15-19-10-12-20(13-11-19)24(2)3/h4-5,7,9-13,21H,6,8,14-17H2,1-3H3/t21-/m0/s1. The van der Waals surface area contributed by atoms with E-state index in [9.17, 15) is 4.79 Å². The number of hydrogen-bond donors (Lipinski definition) is 0. The van der Waals surface area contributed by atoms with Crippen LogP contribution < -0.4 is 4.90 Å². The molecule has 5 heteroatoms. The Morgan fingerprint density at radius 1 is 1.14 bits per heavy atom. The van der Waals surface area contributed by atoms with E-state index in [2.05, 4.69) is 48.2 Å². The molecule has 2 aromatic rings. The lowest BCUT2D eigenvalue weighted by Gasteiger charge is -2.26. The van der Waals surface area contributed by atoms with Crippen LogP contribution >= 0.6 is 11.8 Å². The molecule has 0 bridgehead atoms. The zero-order valence-electron chi connectivity index (χ0n) is 17.1. The summed E-state index contributed by atoms with van der Waals surface area (Å²) >= 11 is 1.62. The van der Waals surface area contributed by atoms with Gasteiger partial charge in [-0.3, -0.25) is 4.79 Å². The van der Waals surface area contributed by atoms with E-state index in [1.165, 1.54) is 10.5 Å². The molecule has 0 aromatic heterocycles. The SMILES string of the molecule is Cc1ccccc1SCC(=O)N(Cc1ccc(N(C)C)cc1)C[C@@H]1CCCO1. The van der Waals surface area contributed by atoms with Crippen molar-refractivity contribution in [1.29, 1.82) is 0 Å². The van der Waals surface area contributed by atoms with E-state index >= 15 is 0 Å². The fourth-order valence-electron chi connectivity index (χ4n) is 3.36. The quantitative estimate of drug-likeness (QED) is 0.619. The van der Waals surface area contributed by atoms with Gasteiger partial charge >= 0.3 is 0 Å². The van der Waals surface area contributed by atoms with Crippen LogP contribution in [-0.2, 0) is 16.1 Å². The number of carbonyl (C=O) groups is 1. The predicted molar refractivity (Wildman–Crippen MR) is 117 cm³/mol. The molecule has 1 aliphatic heterocycles. The summed E-state index contributed by atoms with van der Waals surface area (Å²) < 4.78 is 5.80. The van der Waals surface area contributed by atoms with E-state index in [0.717, 1.165) is 30.7 Å². The molecule has 0 radical (unpaired) electrons. The number of hydrogen-bond acceptors (Lipinski definition) is 4. The molecular formula is C23H30N2O2S. The number of carbonyl (C=O) groups excluding carboxylic acids is 1. The molecule has 0 saturated carbocycles. The number of rotatable bonds is 8. The van der Waals surface area contributed by atoms with Gasteiger partial charge < -0.3 is 14.5 Å². The minimum Gasteiger partial charge on any atom is -0.378 e. The lowest BCUT2D eigenvalue weighted by atomic mass is 10.1. The number of anilines is 1. The van der Waals surface area contributed by atoms with Crippen molar-refractivity contribution in [1.82, 2.24) is 4.90 Å². The summed E-state index contributed by atoms with van der Waals surface area (Å²) in [6.45, 7) is 4.19.